The van der Waals surface area contributed by atoms with E-state index in [2.05, 4.69) is 10.5 Å². The van der Waals surface area contributed by atoms with Gasteiger partial charge >= 0.3 is 0 Å². The molecule has 1 N–H and O–H groups in total. The first kappa shape index (κ1) is 15.7. The minimum Gasteiger partial charge on any atom is -0.484 e. The molecule has 0 radical (unpaired) electrons. The number of carbonyl (C=O) groups is 1. The number of carbonyl (C=O) groups excluding carboxylic acids is 1. The number of hydrogen-bond donors (Lipinski definition) is 1. The molecule has 3 rings (SSSR count). The molecule has 1 amide bonds. The smallest absolute Gasteiger partial charge is 0.277 e. The average molecular weight is 318 g/mol. The van der Waals surface area contributed by atoms with Gasteiger partial charge in [-0.3, -0.25) is 4.79 Å². The summed E-state index contributed by atoms with van der Waals surface area (Å²) in [5.74, 6) is 0.362. The van der Waals surface area contributed by atoms with Gasteiger partial charge in [-0.25, -0.2) is 5.43 Å². The molecule has 3 aromatic rings. The zero-order valence-corrected chi connectivity index (χ0v) is 13.4. The number of hydrogen-bond acceptors (Lipinski definition) is 3. The molecular weight excluding hydrogens is 300 g/mol. The Hall–Kier alpha value is -3.14. The number of amides is 1. The van der Waals surface area contributed by atoms with Gasteiger partial charge < -0.3 is 4.74 Å². The predicted molar refractivity (Wildman–Crippen MR) is 96.4 cm³/mol. The van der Waals surface area contributed by atoms with Crippen LogP contribution in [0.15, 0.2) is 71.8 Å². The summed E-state index contributed by atoms with van der Waals surface area (Å²) in [5.41, 5.74) is 4.58. The lowest BCUT2D eigenvalue weighted by molar-refractivity contribution is -0.123. The van der Waals surface area contributed by atoms with Crippen LogP contribution in [0, 0.1) is 6.92 Å². The zero-order chi connectivity index (χ0) is 16.8. The lowest BCUT2D eigenvalue weighted by Gasteiger charge is -2.05. The van der Waals surface area contributed by atoms with Gasteiger partial charge in [-0.05, 0) is 29.8 Å². The molecule has 24 heavy (non-hydrogen) atoms. The van der Waals surface area contributed by atoms with Crippen LogP contribution in [0.25, 0.3) is 10.8 Å². The number of rotatable bonds is 5. The van der Waals surface area contributed by atoms with Crippen molar-refractivity contribution in [2.45, 2.75) is 6.92 Å². The molecule has 0 aliphatic heterocycles. The van der Waals surface area contributed by atoms with Crippen LogP contribution in [0.2, 0.25) is 0 Å². The molecule has 0 unspecified atom stereocenters. The first-order chi connectivity index (χ1) is 11.7. The van der Waals surface area contributed by atoms with Gasteiger partial charge in [-0.15, -0.1) is 0 Å². The summed E-state index contributed by atoms with van der Waals surface area (Å²) in [7, 11) is 0. The van der Waals surface area contributed by atoms with Crippen molar-refractivity contribution in [2.24, 2.45) is 5.10 Å². The molecule has 4 nitrogen and oxygen atoms in total. The van der Waals surface area contributed by atoms with Gasteiger partial charge in [-0.1, -0.05) is 60.2 Å². The highest BCUT2D eigenvalue weighted by Crippen LogP contribution is 2.16. The molecule has 0 heterocycles. The highest BCUT2D eigenvalue weighted by molar-refractivity contribution is 5.99. The Labute approximate surface area is 140 Å². The summed E-state index contributed by atoms with van der Waals surface area (Å²) >= 11 is 0. The average Bonchev–Trinajstić information content (AvgIpc) is 2.61. The number of fused-ring (bicyclic) bond motifs is 1. The topological polar surface area (TPSA) is 50.7 Å². The zero-order valence-electron chi connectivity index (χ0n) is 13.4. The third-order valence-electron chi connectivity index (χ3n) is 3.61. The number of benzene rings is 3. The lowest BCUT2D eigenvalue weighted by Crippen LogP contribution is -2.24. The van der Waals surface area contributed by atoms with Crippen molar-refractivity contribution in [2.75, 3.05) is 6.61 Å². The summed E-state index contributed by atoms with van der Waals surface area (Å²) in [6, 6.07) is 21.6. The van der Waals surface area contributed by atoms with Gasteiger partial charge in [0.05, 0.1) is 6.21 Å². The standard InChI is InChI=1S/C20H18N2O2/c1-15-9-11-18(12-10-15)24-14-20(23)22-21-13-17-7-4-6-16-5-2-3-8-19(16)17/h2-13H,14H2,1H3,(H,22,23). The van der Waals surface area contributed by atoms with Crippen LogP contribution < -0.4 is 10.2 Å². The normalized spacial score (nSPS) is 10.9. The van der Waals surface area contributed by atoms with Crippen molar-refractivity contribution in [1.82, 2.24) is 5.43 Å². The summed E-state index contributed by atoms with van der Waals surface area (Å²) in [4.78, 5) is 11.8. The first-order valence-corrected chi connectivity index (χ1v) is 7.71. The number of nitrogens with one attached hydrogen (secondary N) is 1. The van der Waals surface area contributed by atoms with Gasteiger partial charge in [0.2, 0.25) is 0 Å². The van der Waals surface area contributed by atoms with Gasteiger partial charge in [0, 0.05) is 5.56 Å². The molecule has 0 saturated heterocycles. The lowest BCUT2D eigenvalue weighted by atomic mass is 10.1. The number of ether oxygens (including phenoxy) is 1. The van der Waals surface area contributed by atoms with Gasteiger partial charge in [0.1, 0.15) is 5.75 Å². The fourth-order valence-corrected chi connectivity index (χ4v) is 2.35. The second-order valence-electron chi connectivity index (χ2n) is 5.46. The molecule has 3 aromatic carbocycles. The van der Waals surface area contributed by atoms with Gasteiger partial charge in [-0.2, -0.15) is 5.10 Å². The van der Waals surface area contributed by atoms with Crippen LogP contribution in [-0.2, 0) is 4.79 Å². The summed E-state index contributed by atoms with van der Waals surface area (Å²) in [6.45, 7) is 1.93. The quantitative estimate of drug-likeness (QED) is 0.576. The third-order valence-corrected chi connectivity index (χ3v) is 3.61. The fourth-order valence-electron chi connectivity index (χ4n) is 2.35. The van der Waals surface area contributed by atoms with E-state index in [0.717, 1.165) is 21.9 Å². The van der Waals surface area contributed by atoms with E-state index in [1.807, 2.05) is 73.7 Å². The Bertz CT molecular complexity index is 865. The van der Waals surface area contributed by atoms with Crippen LogP contribution in [0.1, 0.15) is 11.1 Å². The van der Waals surface area contributed by atoms with Gasteiger partial charge in [0.15, 0.2) is 6.61 Å². The molecule has 0 aromatic heterocycles. The van der Waals surface area contributed by atoms with Crippen molar-refractivity contribution in [3.63, 3.8) is 0 Å². The fraction of sp³-hybridized carbons (Fsp3) is 0.100. The van der Waals surface area contributed by atoms with E-state index in [4.69, 9.17) is 4.74 Å². The van der Waals surface area contributed by atoms with Crippen molar-refractivity contribution in [3.05, 3.63) is 77.9 Å². The van der Waals surface area contributed by atoms with E-state index in [9.17, 15) is 4.79 Å². The maximum Gasteiger partial charge on any atom is 0.277 e. The van der Waals surface area contributed by atoms with E-state index in [-0.39, 0.29) is 12.5 Å². The number of aryl methyl sites for hydroxylation is 1. The Balaban J connectivity index is 1.57. The second-order valence-corrected chi connectivity index (χ2v) is 5.46. The largest absolute Gasteiger partial charge is 0.484 e. The molecule has 0 saturated carbocycles. The minimum atomic E-state index is -0.299. The Kier molecular flexibility index (Phi) is 4.87. The van der Waals surface area contributed by atoms with Crippen molar-refractivity contribution in [1.29, 1.82) is 0 Å². The van der Waals surface area contributed by atoms with E-state index in [1.165, 1.54) is 0 Å². The number of hydrazone groups is 1. The van der Waals surface area contributed by atoms with Crippen LogP contribution in [0.4, 0.5) is 0 Å². The van der Waals surface area contributed by atoms with E-state index in [1.54, 1.807) is 6.21 Å². The van der Waals surface area contributed by atoms with E-state index < -0.39 is 0 Å². The molecule has 120 valence electrons. The second kappa shape index (κ2) is 7.42. The predicted octanol–water partition coefficient (Wildman–Crippen LogP) is 3.68. The molecule has 0 bridgehead atoms. The van der Waals surface area contributed by atoms with Crippen LogP contribution >= 0.6 is 0 Å². The number of nitrogens with zero attached hydrogens (tertiary/aromatic N) is 1. The molecule has 4 heteroatoms. The van der Waals surface area contributed by atoms with Crippen LogP contribution in [-0.4, -0.2) is 18.7 Å². The molecule has 0 aliphatic rings. The monoisotopic (exact) mass is 318 g/mol. The molecular formula is C20H18N2O2. The van der Waals surface area contributed by atoms with Crippen LogP contribution in [0.5, 0.6) is 5.75 Å². The van der Waals surface area contributed by atoms with E-state index >= 15 is 0 Å². The van der Waals surface area contributed by atoms with Crippen molar-refractivity contribution < 1.29 is 9.53 Å². The summed E-state index contributed by atoms with van der Waals surface area (Å²) < 4.78 is 5.41. The van der Waals surface area contributed by atoms with E-state index in [0.29, 0.717) is 5.75 Å². The molecule has 0 spiro atoms. The highest BCUT2D eigenvalue weighted by atomic mass is 16.5. The molecule has 0 atom stereocenters. The Morgan fingerprint density at radius 1 is 1.04 bits per heavy atom. The molecule has 0 fully saturated rings. The third kappa shape index (κ3) is 3.98. The van der Waals surface area contributed by atoms with Crippen molar-refractivity contribution >= 4 is 22.9 Å². The maximum absolute atomic E-state index is 11.8. The van der Waals surface area contributed by atoms with Crippen molar-refractivity contribution in [3.8, 4) is 5.75 Å². The summed E-state index contributed by atoms with van der Waals surface area (Å²) in [5, 5.41) is 6.24. The van der Waals surface area contributed by atoms with Crippen LogP contribution in [0.3, 0.4) is 0 Å². The maximum atomic E-state index is 11.8. The highest BCUT2D eigenvalue weighted by Gasteiger charge is 2.02. The Morgan fingerprint density at radius 3 is 2.62 bits per heavy atom. The summed E-state index contributed by atoms with van der Waals surface area (Å²) in [6.07, 6.45) is 1.64. The van der Waals surface area contributed by atoms with Gasteiger partial charge in [0.25, 0.3) is 5.91 Å². The Morgan fingerprint density at radius 2 is 1.79 bits per heavy atom. The molecule has 0 aliphatic carbocycles. The minimum absolute atomic E-state index is 0.0735. The SMILES string of the molecule is Cc1ccc(OCC(=O)NN=Cc2cccc3ccccc23)cc1. The first-order valence-electron chi connectivity index (χ1n) is 7.71.